The van der Waals surface area contributed by atoms with E-state index in [1.807, 2.05) is 29.2 Å². The van der Waals surface area contributed by atoms with E-state index in [4.69, 9.17) is 14.5 Å². The fourth-order valence-electron chi connectivity index (χ4n) is 3.48. The van der Waals surface area contributed by atoms with Gasteiger partial charge in [-0.3, -0.25) is 9.69 Å². The Kier molecular flexibility index (Phi) is 6.63. The Hall–Kier alpha value is -3.90. The van der Waals surface area contributed by atoms with Crippen LogP contribution in [0.1, 0.15) is 11.5 Å². The van der Waals surface area contributed by atoms with Crippen molar-refractivity contribution in [3.63, 3.8) is 0 Å². The maximum atomic E-state index is 12.5. The number of nitrogens with one attached hydrogen (secondary N) is 1. The van der Waals surface area contributed by atoms with Gasteiger partial charge in [-0.25, -0.2) is 0 Å². The van der Waals surface area contributed by atoms with Gasteiger partial charge >= 0.3 is 0 Å². The van der Waals surface area contributed by atoms with Gasteiger partial charge in [0.1, 0.15) is 5.75 Å². The number of hydrogen-bond donors (Lipinski definition) is 1. The van der Waals surface area contributed by atoms with Crippen LogP contribution in [0.25, 0.3) is 11.4 Å². The van der Waals surface area contributed by atoms with Gasteiger partial charge in [-0.1, -0.05) is 5.16 Å². The molecule has 0 unspecified atom stereocenters. The lowest BCUT2D eigenvalue weighted by molar-refractivity contribution is -0.131. The summed E-state index contributed by atoms with van der Waals surface area (Å²) in [7, 11) is 1.63. The number of benzene rings is 2. The van der Waals surface area contributed by atoms with Crippen molar-refractivity contribution in [2.75, 3.05) is 45.2 Å². The highest BCUT2D eigenvalue weighted by Gasteiger charge is 2.22. The number of hydrogen-bond acceptors (Lipinski definition) is 8. The highest BCUT2D eigenvalue weighted by atomic mass is 16.5. The molecule has 0 atom stereocenters. The van der Waals surface area contributed by atoms with Crippen LogP contribution in [-0.4, -0.2) is 65.7 Å². The summed E-state index contributed by atoms with van der Waals surface area (Å²) in [6, 6.07) is 16.6. The lowest BCUT2D eigenvalue weighted by Crippen LogP contribution is -2.49. The predicted molar refractivity (Wildman–Crippen MR) is 118 cm³/mol. The van der Waals surface area contributed by atoms with Gasteiger partial charge in [-0.15, -0.1) is 0 Å². The van der Waals surface area contributed by atoms with Crippen LogP contribution in [0.3, 0.4) is 0 Å². The smallest absolute Gasteiger partial charge is 0.241 e. The second-order valence-corrected chi connectivity index (χ2v) is 7.44. The number of rotatable bonds is 7. The Morgan fingerprint density at radius 1 is 1.12 bits per heavy atom. The Bertz CT molecular complexity index is 1080. The van der Waals surface area contributed by atoms with E-state index < -0.39 is 0 Å². The summed E-state index contributed by atoms with van der Waals surface area (Å²) in [5.74, 6) is 1.93. The molecule has 4 rings (SSSR count). The van der Waals surface area contributed by atoms with Crippen molar-refractivity contribution in [2.45, 2.75) is 6.54 Å². The predicted octanol–water partition coefficient (Wildman–Crippen LogP) is 2.37. The van der Waals surface area contributed by atoms with Crippen LogP contribution in [0.5, 0.6) is 5.75 Å². The number of anilines is 1. The molecule has 2 heterocycles. The van der Waals surface area contributed by atoms with Crippen LogP contribution in [0.4, 0.5) is 5.69 Å². The van der Waals surface area contributed by atoms with Crippen LogP contribution in [-0.2, 0) is 11.3 Å². The highest BCUT2D eigenvalue weighted by molar-refractivity contribution is 5.81. The minimum Gasteiger partial charge on any atom is -0.497 e. The van der Waals surface area contributed by atoms with Crippen molar-refractivity contribution in [1.82, 2.24) is 19.9 Å². The summed E-state index contributed by atoms with van der Waals surface area (Å²) in [4.78, 5) is 21.0. The SMILES string of the molecule is COc1ccc(-c2noc(CN3CCN(C(=O)CNc4ccc(C#N)cc4)CC3)n2)cc1. The molecule has 1 fully saturated rings. The van der Waals surface area contributed by atoms with E-state index in [-0.39, 0.29) is 12.5 Å². The lowest BCUT2D eigenvalue weighted by Gasteiger charge is -2.34. The molecule has 1 aromatic heterocycles. The molecular formula is C23H24N6O3. The first-order valence-electron chi connectivity index (χ1n) is 10.4. The molecule has 32 heavy (non-hydrogen) atoms. The number of carbonyl (C=O) groups is 1. The highest BCUT2D eigenvalue weighted by Crippen LogP contribution is 2.20. The summed E-state index contributed by atoms with van der Waals surface area (Å²) in [5, 5.41) is 16.0. The minimum atomic E-state index is 0.0496. The zero-order valence-corrected chi connectivity index (χ0v) is 17.8. The van der Waals surface area contributed by atoms with Crippen LogP contribution in [0.2, 0.25) is 0 Å². The van der Waals surface area contributed by atoms with Gasteiger partial charge in [0.05, 0.1) is 31.8 Å². The van der Waals surface area contributed by atoms with E-state index >= 15 is 0 Å². The largest absolute Gasteiger partial charge is 0.497 e. The third-order valence-corrected chi connectivity index (χ3v) is 5.36. The second kappa shape index (κ2) is 9.94. The average Bonchev–Trinajstić information content (AvgIpc) is 3.32. The maximum absolute atomic E-state index is 12.5. The van der Waals surface area contributed by atoms with Gasteiger partial charge in [0.2, 0.25) is 17.6 Å². The normalized spacial score (nSPS) is 14.1. The zero-order valence-electron chi connectivity index (χ0n) is 17.8. The summed E-state index contributed by atoms with van der Waals surface area (Å²) in [5.41, 5.74) is 2.28. The number of ether oxygens (including phenoxy) is 1. The van der Waals surface area contributed by atoms with Gasteiger partial charge < -0.3 is 19.5 Å². The monoisotopic (exact) mass is 432 g/mol. The molecule has 1 aliphatic rings. The molecule has 2 aromatic carbocycles. The number of nitriles is 1. The fourth-order valence-corrected chi connectivity index (χ4v) is 3.48. The molecular weight excluding hydrogens is 408 g/mol. The summed E-state index contributed by atoms with van der Waals surface area (Å²) < 4.78 is 10.6. The molecule has 9 heteroatoms. The number of carbonyl (C=O) groups excluding carboxylic acids is 1. The van der Waals surface area contributed by atoms with Crippen LogP contribution < -0.4 is 10.1 Å². The number of methoxy groups -OCH3 is 1. The third-order valence-electron chi connectivity index (χ3n) is 5.36. The van der Waals surface area contributed by atoms with Gasteiger partial charge in [-0.05, 0) is 48.5 Å². The molecule has 0 aliphatic carbocycles. The van der Waals surface area contributed by atoms with Gasteiger partial charge in [0.15, 0.2) is 0 Å². The van der Waals surface area contributed by atoms with E-state index in [0.29, 0.717) is 36.9 Å². The van der Waals surface area contributed by atoms with E-state index in [1.165, 1.54) is 0 Å². The molecule has 3 aromatic rings. The molecule has 0 spiro atoms. The van der Waals surface area contributed by atoms with Crippen LogP contribution in [0.15, 0.2) is 53.1 Å². The Labute approximate surface area is 186 Å². The Morgan fingerprint density at radius 2 is 1.84 bits per heavy atom. The standard InChI is InChI=1S/C23H24N6O3/c1-31-20-8-4-18(5-9-20)23-26-21(32-27-23)16-28-10-12-29(13-11-28)22(30)15-25-19-6-2-17(14-24)3-7-19/h2-9,25H,10-13,15-16H2,1H3. The number of nitrogens with zero attached hydrogens (tertiary/aromatic N) is 5. The third kappa shape index (κ3) is 5.22. The summed E-state index contributed by atoms with van der Waals surface area (Å²) in [6.07, 6.45) is 0. The van der Waals surface area contributed by atoms with Gasteiger partial charge in [-0.2, -0.15) is 10.2 Å². The van der Waals surface area contributed by atoms with Crippen molar-refractivity contribution < 1.29 is 14.1 Å². The summed E-state index contributed by atoms with van der Waals surface area (Å²) >= 11 is 0. The first-order chi connectivity index (χ1) is 15.6. The molecule has 1 aliphatic heterocycles. The van der Waals surface area contributed by atoms with E-state index in [0.717, 1.165) is 30.1 Å². The topological polar surface area (TPSA) is 108 Å². The van der Waals surface area contributed by atoms with Crippen LogP contribution >= 0.6 is 0 Å². The fraction of sp³-hybridized carbons (Fsp3) is 0.304. The van der Waals surface area contributed by atoms with E-state index in [1.54, 1.807) is 31.4 Å². The van der Waals surface area contributed by atoms with Crippen LogP contribution in [0, 0.1) is 11.3 Å². The quantitative estimate of drug-likeness (QED) is 0.606. The number of aromatic nitrogens is 2. The van der Waals surface area contributed by atoms with Crippen molar-refractivity contribution in [1.29, 1.82) is 5.26 Å². The summed E-state index contributed by atoms with van der Waals surface area (Å²) in [6.45, 7) is 3.54. The van der Waals surface area contributed by atoms with Gasteiger partial charge in [0.25, 0.3) is 0 Å². The van der Waals surface area contributed by atoms with Crippen molar-refractivity contribution in [3.8, 4) is 23.2 Å². The van der Waals surface area contributed by atoms with Crippen molar-refractivity contribution in [2.24, 2.45) is 0 Å². The lowest BCUT2D eigenvalue weighted by atomic mass is 10.2. The van der Waals surface area contributed by atoms with Crippen molar-refractivity contribution in [3.05, 3.63) is 60.0 Å². The molecule has 0 saturated carbocycles. The Morgan fingerprint density at radius 3 is 2.50 bits per heavy atom. The molecule has 164 valence electrons. The zero-order chi connectivity index (χ0) is 22.3. The maximum Gasteiger partial charge on any atom is 0.241 e. The van der Waals surface area contributed by atoms with E-state index in [2.05, 4.69) is 26.4 Å². The number of piperazine rings is 1. The molecule has 1 N–H and O–H groups in total. The average molecular weight is 432 g/mol. The molecule has 0 radical (unpaired) electrons. The first kappa shape index (κ1) is 21.3. The molecule has 1 saturated heterocycles. The minimum absolute atomic E-state index is 0.0496. The number of amides is 1. The first-order valence-corrected chi connectivity index (χ1v) is 10.4. The molecule has 0 bridgehead atoms. The molecule has 1 amide bonds. The Balaban J connectivity index is 1.23. The van der Waals surface area contributed by atoms with Crippen molar-refractivity contribution >= 4 is 11.6 Å². The van der Waals surface area contributed by atoms with E-state index in [9.17, 15) is 4.79 Å². The second-order valence-electron chi connectivity index (χ2n) is 7.44. The molecule has 9 nitrogen and oxygen atoms in total. The van der Waals surface area contributed by atoms with Gasteiger partial charge in [0, 0.05) is 37.4 Å².